The number of rotatable bonds is 3. The second-order valence-corrected chi connectivity index (χ2v) is 2.43. The van der Waals surface area contributed by atoms with Crippen LogP contribution < -0.4 is 11.1 Å². The lowest BCUT2D eigenvalue weighted by molar-refractivity contribution is -0.115. The zero-order valence-corrected chi connectivity index (χ0v) is 6.98. The van der Waals surface area contributed by atoms with Crippen LogP contribution in [0.25, 0.3) is 0 Å². The Morgan fingerprint density at radius 3 is 2.82 bits per heavy atom. The van der Waals surface area contributed by atoms with E-state index in [1.807, 2.05) is 6.92 Å². The molecule has 0 aromatic rings. The van der Waals surface area contributed by atoms with Crippen LogP contribution in [0.2, 0.25) is 0 Å². The highest BCUT2D eigenvalue weighted by atomic mass is 16.1. The Labute approximate surface area is 67.3 Å². The second-order valence-electron chi connectivity index (χ2n) is 2.43. The Bertz CT molecular complexity index is 178. The number of hydrogen-bond donors (Lipinski definition) is 2. The number of carbonyl (C=O) groups excluding carboxylic acids is 1. The summed E-state index contributed by atoms with van der Waals surface area (Å²) in [5.74, 6) is 4.99. The maximum Gasteiger partial charge on any atom is 0.295 e. The summed E-state index contributed by atoms with van der Waals surface area (Å²) in [6.07, 6.45) is 0. The van der Waals surface area contributed by atoms with Crippen molar-refractivity contribution in [2.75, 3.05) is 13.1 Å². The Balaban J connectivity index is 3.51. The average Bonchev–Trinajstić information content (AvgIpc) is 2.01. The smallest absolute Gasteiger partial charge is 0.295 e. The van der Waals surface area contributed by atoms with Gasteiger partial charge >= 0.3 is 0 Å². The first-order valence-corrected chi connectivity index (χ1v) is 3.61. The summed E-state index contributed by atoms with van der Waals surface area (Å²) < 4.78 is 0. The lowest BCUT2D eigenvalue weighted by Crippen LogP contribution is -2.30. The van der Waals surface area contributed by atoms with E-state index < -0.39 is 0 Å². The van der Waals surface area contributed by atoms with Crippen molar-refractivity contribution in [1.82, 2.24) is 5.32 Å². The van der Waals surface area contributed by atoms with E-state index in [9.17, 15) is 4.79 Å². The third-order valence-corrected chi connectivity index (χ3v) is 1.25. The summed E-state index contributed by atoms with van der Waals surface area (Å²) in [5.41, 5.74) is 5.34. The topological polar surface area (TPSA) is 55.1 Å². The highest BCUT2D eigenvalue weighted by molar-refractivity contribution is 5.93. The summed E-state index contributed by atoms with van der Waals surface area (Å²) in [4.78, 5) is 10.7. The molecule has 0 aromatic carbocycles. The highest BCUT2D eigenvalue weighted by Crippen LogP contribution is 1.85. The first-order chi connectivity index (χ1) is 5.20. The first-order valence-electron chi connectivity index (χ1n) is 3.61. The lowest BCUT2D eigenvalue weighted by atomic mass is 10.2. The van der Waals surface area contributed by atoms with Crippen molar-refractivity contribution in [1.29, 1.82) is 0 Å². The molecule has 0 bridgehead atoms. The van der Waals surface area contributed by atoms with E-state index in [0.717, 1.165) is 0 Å². The van der Waals surface area contributed by atoms with Crippen molar-refractivity contribution >= 4 is 5.91 Å². The third-order valence-electron chi connectivity index (χ3n) is 1.25. The fraction of sp³-hybridized carbons (Fsp3) is 0.625. The Morgan fingerprint density at radius 1 is 1.73 bits per heavy atom. The van der Waals surface area contributed by atoms with Crippen LogP contribution in [-0.4, -0.2) is 19.0 Å². The van der Waals surface area contributed by atoms with E-state index in [2.05, 4.69) is 17.2 Å². The molecule has 1 amide bonds. The van der Waals surface area contributed by atoms with Crippen LogP contribution in [-0.2, 0) is 4.79 Å². The van der Waals surface area contributed by atoms with Crippen LogP contribution in [0.4, 0.5) is 0 Å². The molecule has 62 valence electrons. The van der Waals surface area contributed by atoms with Crippen LogP contribution in [0.1, 0.15) is 13.8 Å². The van der Waals surface area contributed by atoms with Crippen molar-refractivity contribution in [3.8, 4) is 11.8 Å². The fourth-order valence-corrected chi connectivity index (χ4v) is 0.508. The largest absolute Gasteiger partial charge is 0.345 e. The van der Waals surface area contributed by atoms with Crippen LogP contribution in [0, 0.1) is 17.8 Å². The molecule has 0 aromatic heterocycles. The normalized spacial score (nSPS) is 11.2. The predicted octanol–water partition coefficient (Wildman–Crippen LogP) is -0.279. The van der Waals surface area contributed by atoms with Gasteiger partial charge in [-0.3, -0.25) is 4.79 Å². The minimum Gasteiger partial charge on any atom is -0.345 e. The van der Waals surface area contributed by atoms with E-state index in [4.69, 9.17) is 5.73 Å². The molecule has 0 fully saturated rings. The predicted molar refractivity (Wildman–Crippen MR) is 44.7 cm³/mol. The zero-order chi connectivity index (χ0) is 8.69. The van der Waals surface area contributed by atoms with Gasteiger partial charge in [0.1, 0.15) is 0 Å². The minimum absolute atomic E-state index is 0.229. The number of carbonyl (C=O) groups is 1. The summed E-state index contributed by atoms with van der Waals surface area (Å²) in [5, 5.41) is 2.64. The van der Waals surface area contributed by atoms with E-state index in [0.29, 0.717) is 19.0 Å². The van der Waals surface area contributed by atoms with Gasteiger partial charge in [-0.25, -0.2) is 0 Å². The van der Waals surface area contributed by atoms with Crippen molar-refractivity contribution in [2.24, 2.45) is 11.7 Å². The highest BCUT2D eigenvalue weighted by Gasteiger charge is 1.99. The average molecular weight is 154 g/mol. The maximum atomic E-state index is 10.7. The van der Waals surface area contributed by atoms with Gasteiger partial charge in [-0.2, -0.15) is 0 Å². The summed E-state index contributed by atoms with van der Waals surface area (Å²) in [6, 6.07) is 0. The summed E-state index contributed by atoms with van der Waals surface area (Å²) in [6.45, 7) is 4.79. The number of hydrogen-bond acceptors (Lipinski definition) is 2. The van der Waals surface area contributed by atoms with Crippen LogP contribution in [0.5, 0.6) is 0 Å². The van der Waals surface area contributed by atoms with Gasteiger partial charge < -0.3 is 11.1 Å². The van der Waals surface area contributed by atoms with E-state index >= 15 is 0 Å². The molecule has 0 heterocycles. The molecule has 0 rings (SSSR count). The minimum atomic E-state index is -0.229. The lowest BCUT2D eigenvalue weighted by Gasteiger charge is -2.06. The van der Waals surface area contributed by atoms with Crippen LogP contribution in [0.15, 0.2) is 0 Å². The third kappa shape index (κ3) is 5.43. The van der Waals surface area contributed by atoms with Gasteiger partial charge in [0.25, 0.3) is 5.91 Å². The molecule has 3 heteroatoms. The first kappa shape index (κ1) is 9.99. The molecule has 0 saturated heterocycles. The molecule has 0 saturated carbocycles. The molecule has 0 aliphatic rings. The molecule has 3 nitrogen and oxygen atoms in total. The van der Waals surface area contributed by atoms with Crippen LogP contribution in [0.3, 0.4) is 0 Å². The molecule has 11 heavy (non-hydrogen) atoms. The molecule has 0 aliphatic carbocycles. The molecule has 0 aliphatic heterocycles. The number of amides is 1. The molecular weight excluding hydrogens is 140 g/mol. The Morgan fingerprint density at radius 2 is 2.36 bits per heavy atom. The van der Waals surface area contributed by atoms with E-state index in [1.54, 1.807) is 6.92 Å². The molecule has 0 radical (unpaired) electrons. The van der Waals surface area contributed by atoms with Gasteiger partial charge in [0.05, 0.1) is 0 Å². The maximum absolute atomic E-state index is 10.7. The van der Waals surface area contributed by atoms with Gasteiger partial charge in [0.2, 0.25) is 0 Å². The van der Waals surface area contributed by atoms with Gasteiger partial charge in [-0.1, -0.05) is 12.8 Å². The monoisotopic (exact) mass is 154 g/mol. The Kier molecular flexibility index (Phi) is 5.22. The molecule has 0 spiro atoms. The van der Waals surface area contributed by atoms with Gasteiger partial charge in [0.15, 0.2) is 0 Å². The number of nitrogens with two attached hydrogens (primary N) is 1. The van der Waals surface area contributed by atoms with Gasteiger partial charge in [-0.05, 0) is 25.3 Å². The van der Waals surface area contributed by atoms with Crippen LogP contribution >= 0.6 is 0 Å². The number of nitrogens with one attached hydrogen (secondary N) is 1. The molecule has 3 N–H and O–H groups in total. The molecular formula is C8H14N2O. The Hall–Kier alpha value is -1.01. The SMILES string of the molecule is CC#CC(=O)NCC(C)CN. The van der Waals surface area contributed by atoms with Crippen molar-refractivity contribution in [2.45, 2.75) is 13.8 Å². The summed E-state index contributed by atoms with van der Waals surface area (Å²) >= 11 is 0. The van der Waals surface area contributed by atoms with Crippen molar-refractivity contribution in [3.63, 3.8) is 0 Å². The van der Waals surface area contributed by atoms with E-state index in [1.165, 1.54) is 0 Å². The van der Waals surface area contributed by atoms with Gasteiger partial charge in [-0.15, -0.1) is 0 Å². The summed E-state index contributed by atoms with van der Waals surface area (Å²) in [7, 11) is 0. The molecule has 1 atom stereocenters. The van der Waals surface area contributed by atoms with Gasteiger partial charge in [0, 0.05) is 6.54 Å². The zero-order valence-electron chi connectivity index (χ0n) is 6.98. The molecule has 1 unspecified atom stereocenters. The fourth-order valence-electron chi connectivity index (χ4n) is 0.508. The quantitative estimate of drug-likeness (QED) is 0.549. The van der Waals surface area contributed by atoms with Crippen molar-refractivity contribution in [3.05, 3.63) is 0 Å². The standard InChI is InChI=1S/C8H14N2O/c1-3-4-8(11)10-6-7(2)5-9/h7H,5-6,9H2,1-2H3,(H,10,11). The van der Waals surface area contributed by atoms with E-state index in [-0.39, 0.29) is 5.91 Å². The van der Waals surface area contributed by atoms with Crippen molar-refractivity contribution < 1.29 is 4.79 Å². The second kappa shape index (κ2) is 5.75.